The first-order chi connectivity index (χ1) is 8.58. The van der Waals surface area contributed by atoms with Crippen LogP contribution in [0.4, 0.5) is 4.39 Å². The lowest BCUT2D eigenvalue weighted by molar-refractivity contribution is 0.441. The molecule has 0 saturated carbocycles. The van der Waals surface area contributed by atoms with Crippen molar-refractivity contribution in [3.8, 4) is 11.5 Å². The predicted molar refractivity (Wildman–Crippen MR) is 73.5 cm³/mol. The molecule has 0 aliphatic carbocycles. The Balaban J connectivity index is 2.41. The first kappa shape index (κ1) is 12.5. The molecular weight excluding hydrogens is 249 g/mol. The van der Waals surface area contributed by atoms with E-state index < -0.39 is 5.82 Å². The van der Waals surface area contributed by atoms with Crippen LogP contribution >= 0.6 is 12.2 Å². The molecule has 0 amide bonds. The molecule has 0 fully saturated rings. The number of thiocarbonyl (C=S) groups is 1. The van der Waals surface area contributed by atoms with Gasteiger partial charge in [0.15, 0.2) is 11.6 Å². The third-order valence-corrected chi connectivity index (χ3v) is 2.68. The van der Waals surface area contributed by atoms with Crippen molar-refractivity contribution in [3.05, 3.63) is 59.4 Å². The second kappa shape index (κ2) is 5.14. The minimum atomic E-state index is -0.424. The molecule has 0 radical (unpaired) electrons. The first-order valence-electron chi connectivity index (χ1n) is 5.41. The SMILES string of the molecule is Cc1ccc(Oc2ccccc2F)c(C(N)=S)c1. The number of rotatable bonds is 3. The van der Waals surface area contributed by atoms with Crippen LogP contribution in [0.15, 0.2) is 42.5 Å². The fourth-order valence-corrected chi connectivity index (χ4v) is 1.73. The van der Waals surface area contributed by atoms with Gasteiger partial charge in [0.1, 0.15) is 10.7 Å². The van der Waals surface area contributed by atoms with Crippen LogP contribution in [0.3, 0.4) is 0 Å². The molecule has 2 aromatic rings. The predicted octanol–water partition coefficient (Wildman–Crippen LogP) is 3.56. The smallest absolute Gasteiger partial charge is 0.165 e. The summed E-state index contributed by atoms with van der Waals surface area (Å²) in [4.78, 5) is 0.227. The highest BCUT2D eigenvalue weighted by Crippen LogP contribution is 2.27. The fraction of sp³-hybridized carbons (Fsp3) is 0.0714. The summed E-state index contributed by atoms with van der Waals surface area (Å²) in [5.74, 6) is 0.184. The molecule has 0 unspecified atom stereocenters. The average molecular weight is 261 g/mol. The molecule has 0 spiro atoms. The Labute approximate surface area is 110 Å². The molecule has 2 rings (SSSR count). The van der Waals surface area contributed by atoms with Crippen LogP contribution in [0.1, 0.15) is 11.1 Å². The highest BCUT2D eigenvalue weighted by atomic mass is 32.1. The van der Waals surface area contributed by atoms with Gasteiger partial charge in [0.05, 0.1) is 5.56 Å². The first-order valence-corrected chi connectivity index (χ1v) is 5.81. The summed E-state index contributed by atoms with van der Waals surface area (Å²) < 4.78 is 19.0. The fourth-order valence-electron chi connectivity index (χ4n) is 1.57. The quantitative estimate of drug-likeness (QED) is 0.858. The van der Waals surface area contributed by atoms with E-state index in [4.69, 9.17) is 22.7 Å². The van der Waals surface area contributed by atoms with E-state index in [1.807, 2.05) is 19.1 Å². The zero-order valence-electron chi connectivity index (χ0n) is 9.81. The lowest BCUT2D eigenvalue weighted by atomic mass is 10.1. The van der Waals surface area contributed by atoms with Crippen LogP contribution in [0.2, 0.25) is 0 Å². The summed E-state index contributed by atoms with van der Waals surface area (Å²) in [5, 5.41) is 0. The Morgan fingerprint density at radius 3 is 2.56 bits per heavy atom. The Morgan fingerprint density at radius 1 is 1.17 bits per heavy atom. The summed E-state index contributed by atoms with van der Waals surface area (Å²) in [6.45, 7) is 1.93. The largest absolute Gasteiger partial charge is 0.454 e. The molecule has 92 valence electrons. The molecule has 18 heavy (non-hydrogen) atoms. The molecule has 2 aromatic carbocycles. The minimum Gasteiger partial charge on any atom is -0.454 e. The molecule has 0 aromatic heterocycles. The van der Waals surface area contributed by atoms with Crippen molar-refractivity contribution < 1.29 is 9.13 Å². The molecule has 0 aliphatic rings. The van der Waals surface area contributed by atoms with Crippen LogP contribution in [0, 0.1) is 12.7 Å². The van der Waals surface area contributed by atoms with Gasteiger partial charge in [-0.2, -0.15) is 0 Å². The van der Waals surface area contributed by atoms with Gasteiger partial charge in [-0.1, -0.05) is 36.0 Å². The highest BCUT2D eigenvalue weighted by Gasteiger charge is 2.10. The van der Waals surface area contributed by atoms with Gasteiger partial charge < -0.3 is 10.5 Å². The number of benzene rings is 2. The lowest BCUT2D eigenvalue weighted by Gasteiger charge is -2.11. The van der Waals surface area contributed by atoms with Crippen molar-refractivity contribution in [2.75, 3.05) is 0 Å². The number of ether oxygens (including phenoxy) is 1. The maximum atomic E-state index is 13.5. The van der Waals surface area contributed by atoms with Crippen LogP contribution in [0.5, 0.6) is 11.5 Å². The number of nitrogens with two attached hydrogens (primary N) is 1. The highest BCUT2D eigenvalue weighted by molar-refractivity contribution is 7.80. The van der Waals surface area contributed by atoms with E-state index in [1.165, 1.54) is 6.07 Å². The van der Waals surface area contributed by atoms with Crippen molar-refractivity contribution >= 4 is 17.2 Å². The summed E-state index contributed by atoms with van der Waals surface area (Å²) in [6, 6.07) is 11.6. The maximum absolute atomic E-state index is 13.5. The maximum Gasteiger partial charge on any atom is 0.165 e. The third-order valence-electron chi connectivity index (χ3n) is 2.46. The molecule has 2 nitrogen and oxygen atoms in total. The molecular formula is C14H12FNOS. The zero-order valence-corrected chi connectivity index (χ0v) is 10.6. The molecule has 0 saturated heterocycles. The van der Waals surface area contributed by atoms with Gasteiger partial charge in [-0.05, 0) is 31.2 Å². The van der Waals surface area contributed by atoms with E-state index in [9.17, 15) is 4.39 Å². The van der Waals surface area contributed by atoms with Crippen LogP contribution in [-0.4, -0.2) is 4.99 Å². The van der Waals surface area contributed by atoms with Crippen LogP contribution < -0.4 is 10.5 Å². The van der Waals surface area contributed by atoms with Crippen molar-refractivity contribution in [2.45, 2.75) is 6.92 Å². The third kappa shape index (κ3) is 2.65. The number of hydrogen-bond donors (Lipinski definition) is 1. The summed E-state index contributed by atoms with van der Waals surface area (Å²) in [7, 11) is 0. The number of aryl methyl sites for hydroxylation is 1. The van der Waals surface area contributed by atoms with E-state index in [1.54, 1.807) is 24.3 Å². The summed E-state index contributed by atoms with van der Waals surface area (Å²) >= 11 is 4.96. The molecule has 2 N–H and O–H groups in total. The Hall–Kier alpha value is -1.94. The summed E-state index contributed by atoms with van der Waals surface area (Å²) in [5.41, 5.74) is 7.25. The monoisotopic (exact) mass is 261 g/mol. The Morgan fingerprint density at radius 2 is 1.89 bits per heavy atom. The van der Waals surface area contributed by atoms with Gasteiger partial charge in [0.2, 0.25) is 0 Å². The standard InChI is InChI=1S/C14H12FNOS/c1-9-6-7-12(10(8-9)14(16)18)17-13-5-3-2-4-11(13)15/h2-8H,1H3,(H2,16,18). The number of halogens is 1. The normalized spacial score (nSPS) is 10.1. The van der Waals surface area contributed by atoms with Gasteiger partial charge in [-0.3, -0.25) is 0 Å². The topological polar surface area (TPSA) is 35.2 Å². The van der Waals surface area contributed by atoms with Crippen LogP contribution in [-0.2, 0) is 0 Å². The summed E-state index contributed by atoms with van der Waals surface area (Å²) in [6.07, 6.45) is 0. The molecule has 0 bridgehead atoms. The zero-order chi connectivity index (χ0) is 13.1. The van der Waals surface area contributed by atoms with Crippen molar-refractivity contribution in [1.82, 2.24) is 0 Å². The number of hydrogen-bond acceptors (Lipinski definition) is 2. The Kier molecular flexibility index (Phi) is 3.58. The molecule has 0 heterocycles. The minimum absolute atomic E-state index is 0.152. The van der Waals surface area contributed by atoms with E-state index in [2.05, 4.69) is 0 Å². The van der Waals surface area contributed by atoms with Gasteiger partial charge in [-0.15, -0.1) is 0 Å². The van der Waals surface area contributed by atoms with Crippen molar-refractivity contribution in [2.24, 2.45) is 5.73 Å². The van der Waals surface area contributed by atoms with Crippen molar-refractivity contribution in [3.63, 3.8) is 0 Å². The lowest BCUT2D eigenvalue weighted by Crippen LogP contribution is -2.11. The van der Waals surface area contributed by atoms with Crippen LogP contribution in [0.25, 0.3) is 0 Å². The van der Waals surface area contributed by atoms with E-state index in [-0.39, 0.29) is 10.7 Å². The Bertz CT molecular complexity index is 598. The second-order valence-corrected chi connectivity index (χ2v) is 4.34. The van der Waals surface area contributed by atoms with Gasteiger partial charge >= 0.3 is 0 Å². The molecule has 0 aliphatic heterocycles. The second-order valence-electron chi connectivity index (χ2n) is 3.90. The van der Waals surface area contributed by atoms with E-state index in [0.29, 0.717) is 11.3 Å². The molecule has 0 atom stereocenters. The van der Waals surface area contributed by atoms with E-state index in [0.717, 1.165) is 5.56 Å². The van der Waals surface area contributed by atoms with Gasteiger partial charge in [-0.25, -0.2) is 4.39 Å². The number of para-hydroxylation sites is 1. The van der Waals surface area contributed by atoms with Gasteiger partial charge in [0.25, 0.3) is 0 Å². The van der Waals surface area contributed by atoms with Crippen molar-refractivity contribution in [1.29, 1.82) is 0 Å². The molecule has 4 heteroatoms. The van der Waals surface area contributed by atoms with E-state index >= 15 is 0 Å². The average Bonchev–Trinajstić information content (AvgIpc) is 2.34. The van der Waals surface area contributed by atoms with Gasteiger partial charge in [0, 0.05) is 0 Å².